The lowest BCUT2D eigenvalue weighted by molar-refractivity contribution is -0.116. The van der Waals surface area contributed by atoms with Gasteiger partial charge in [0.1, 0.15) is 0 Å². The van der Waals surface area contributed by atoms with Crippen LogP contribution in [-0.4, -0.2) is 37.7 Å². The van der Waals surface area contributed by atoms with Gasteiger partial charge in [-0.25, -0.2) is 17.7 Å². The molecule has 7 nitrogen and oxygen atoms in total. The molecule has 1 N–H and O–H groups in total. The number of nitrogens with zero attached hydrogens (tertiary/aromatic N) is 2. The maximum atomic E-state index is 12.5. The molecule has 0 spiro atoms. The number of sulfonamides is 1. The van der Waals surface area contributed by atoms with Crippen molar-refractivity contribution in [2.24, 2.45) is 0 Å². The molecule has 3 rings (SSSR count). The van der Waals surface area contributed by atoms with Crippen LogP contribution in [0.25, 0.3) is 11.3 Å². The van der Waals surface area contributed by atoms with Crippen LogP contribution in [0.15, 0.2) is 51.9 Å². The minimum Gasteiger partial charge on any atom is -0.441 e. The fraction of sp³-hybridized carbons (Fsp3) is 0.304. The monoisotopic (exact) mass is 441 g/mol. The maximum Gasteiger partial charge on any atom is 0.242 e. The number of carbonyl (C=O) groups is 1. The summed E-state index contributed by atoms with van der Waals surface area (Å²) < 4.78 is 31.6. The average Bonchev–Trinajstić information content (AvgIpc) is 3.19. The Balaban J connectivity index is 1.66. The lowest BCUT2D eigenvalue weighted by Gasteiger charge is -2.14. The van der Waals surface area contributed by atoms with Crippen LogP contribution in [0.3, 0.4) is 0 Å². The summed E-state index contributed by atoms with van der Waals surface area (Å²) in [6, 6.07) is 10.7. The van der Waals surface area contributed by atoms with Gasteiger partial charge in [0.2, 0.25) is 15.9 Å². The Morgan fingerprint density at radius 3 is 2.42 bits per heavy atom. The largest absolute Gasteiger partial charge is 0.441 e. The number of hydrogen-bond acceptors (Lipinski definition) is 5. The Hall–Kier alpha value is -2.97. The van der Waals surface area contributed by atoms with Crippen molar-refractivity contribution in [3.05, 3.63) is 65.2 Å². The summed E-state index contributed by atoms with van der Waals surface area (Å²) >= 11 is 0. The number of amides is 1. The minimum atomic E-state index is -3.58. The third-order valence-corrected chi connectivity index (χ3v) is 6.98. The van der Waals surface area contributed by atoms with E-state index in [0.29, 0.717) is 23.8 Å². The van der Waals surface area contributed by atoms with Gasteiger partial charge in [0, 0.05) is 38.2 Å². The van der Waals surface area contributed by atoms with E-state index >= 15 is 0 Å². The van der Waals surface area contributed by atoms with E-state index in [4.69, 9.17) is 4.42 Å². The molecule has 1 heterocycles. The molecule has 0 aliphatic heterocycles. The molecule has 1 amide bonds. The van der Waals surface area contributed by atoms with E-state index < -0.39 is 10.0 Å². The molecule has 0 radical (unpaired) electrons. The van der Waals surface area contributed by atoms with Crippen molar-refractivity contribution in [3.8, 4) is 11.3 Å². The molecule has 0 saturated carbocycles. The summed E-state index contributed by atoms with van der Waals surface area (Å²) in [5, 5.41) is 2.79. The van der Waals surface area contributed by atoms with Gasteiger partial charge in [0.25, 0.3) is 0 Å². The first kappa shape index (κ1) is 22.7. The highest BCUT2D eigenvalue weighted by atomic mass is 32.2. The van der Waals surface area contributed by atoms with Crippen LogP contribution in [0.4, 0.5) is 5.69 Å². The van der Waals surface area contributed by atoms with Gasteiger partial charge in [-0.05, 0) is 55.7 Å². The fourth-order valence-electron chi connectivity index (χ4n) is 2.99. The summed E-state index contributed by atoms with van der Waals surface area (Å²) in [4.78, 5) is 16.9. The summed E-state index contributed by atoms with van der Waals surface area (Å²) in [5.41, 5.74) is 4.57. The fourth-order valence-corrected chi connectivity index (χ4v) is 3.92. The Morgan fingerprint density at radius 1 is 1.03 bits per heavy atom. The van der Waals surface area contributed by atoms with Gasteiger partial charge in [-0.2, -0.15) is 0 Å². The third kappa shape index (κ3) is 5.21. The van der Waals surface area contributed by atoms with E-state index in [-0.39, 0.29) is 17.2 Å². The molecule has 0 aliphatic carbocycles. The highest BCUT2D eigenvalue weighted by Gasteiger charge is 2.19. The molecule has 0 saturated heterocycles. The molecular weight excluding hydrogens is 414 g/mol. The Labute approximate surface area is 183 Å². The SMILES string of the molecule is Cc1ccc(-c2cnc(CCC(=O)Nc3cc(S(=O)(=O)N(C)C)ccc3C)o2)cc1C. The number of benzene rings is 2. The van der Waals surface area contributed by atoms with Gasteiger partial charge in [0.05, 0.1) is 11.1 Å². The number of rotatable bonds is 7. The van der Waals surface area contributed by atoms with Crippen molar-refractivity contribution < 1.29 is 17.6 Å². The first-order valence-electron chi connectivity index (χ1n) is 9.93. The predicted octanol–water partition coefficient (Wildman–Crippen LogP) is 4.09. The topological polar surface area (TPSA) is 92.5 Å². The summed E-state index contributed by atoms with van der Waals surface area (Å²) in [6.07, 6.45) is 2.17. The van der Waals surface area contributed by atoms with E-state index in [9.17, 15) is 13.2 Å². The Bertz CT molecular complexity index is 1210. The molecule has 3 aromatic rings. The van der Waals surface area contributed by atoms with Crippen molar-refractivity contribution in [2.45, 2.75) is 38.5 Å². The second kappa shape index (κ2) is 9.03. The summed E-state index contributed by atoms with van der Waals surface area (Å²) in [7, 11) is -0.643. The zero-order valence-corrected chi connectivity index (χ0v) is 19.2. The van der Waals surface area contributed by atoms with Gasteiger partial charge >= 0.3 is 0 Å². The lowest BCUT2D eigenvalue weighted by Crippen LogP contribution is -2.22. The van der Waals surface area contributed by atoms with Crippen LogP contribution in [0.5, 0.6) is 0 Å². The van der Waals surface area contributed by atoms with Gasteiger partial charge < -0.3 is 9.73 Å². The summed E-state index contributed by atoms with van der Waals surface area (Å²) in [5.74, 6) is 0.897. The standard InChI is InChI=1S/C23H27N3O4S/c1-15-6-8-18(12-17(15)3)21-14-24-23(30-21)11-10-22(27)25-20-13-19(9-7-16(20)2)31(28,29)26(4)5/h6-9,12-14H,10-11H2,1-5H3,(H,25,27). The number of anilines is 1. The van der Waals surface area contributed by atoms with Crippen molar-refractivity contribution in [3.63, 3.8) is 0 Å². The lowest BCUT2D eigenvalue weighted by atomic mass is 10.1. The quantitative estimate of drug-likeness (QED) is 0.596. The molecule has 31 heavy (non-hydrogen) atoms. The van der Waals surface area contributed by atoms with Crippen LogP contribution >= 0.6 is 0 Å². The molecule has 0 atom stereocenters. The summed E-state index contributed by atoms with van der Waals surface area (Å²) in [6.45, 7) is 5.91. The van der Waals surface area contributed by atoms with E-state index in [1.165, 1.54) is 37.4 Å². The van der Waals surface area contributed by atoms with Crippen molar-refractivity contribution in [2.75, 3.05) is 19.4 Å². The van der Waals surface area contributed by atoms with Gasteiger partial charge in [-0.3, -0.25) is 4.79 Å². The first-order chi connectivity index (χ1) is 14.6. The molecule has 0 unspecified atom stereocenters. The number of oxazole rings is 1. The van der Waals surface area contributed by atoms with Crippen LogP contribution in [-0.2, 0) is 21.2 Å². The van der Waals surface area contributed by atoms with E-state index in [0.717, 1.165) is 15.4 Å². The van der Waals surface area contributed by atoms with E-state index in [2.05, 4.69) is 17.2 Å². The van der Waals surface area contributed by atoms with Gasteiger partial charge in [0.15, 0.2) is 11.7 Å². The second-order valence-corrected chi connectivity index (χ2v) is 9.88. The van der Waals surface area contributed by atoms with Crippen LogP contribution < -0.4 is 5.32 Å². The number of aromatic nitrogens is 1. The average molecular weight is 442 g/mol. The number of hydrogen-bond donors (Lipinski definition) is 1. The Morgan fingerprint density at radius 2 is 1.74 bits per heavy atom. The minimum absolute atomic E-state index is 0.129. The highest BCUT2D eigenvalue weighted by Crippen LogP contribution is 2.24. The number of carbonyl (C=O) groups excluding carboxylic acids is 1. The normalized spacial score (nSPS) is 11.7. The molecular formula is C23H27N3O4S. The molecule has 1 aromatic heterocycles. The van der Waals surface area contributed by atoms with E-state index in [1.807, 2.05) is 32.0 Å². The zero-order valence-electron chi connectivity index (χ0n) is 18.4. The van der Waals surface area contributed by atoms with Crippen molar-refractivity contribution in [1.82, 2.24) is 9.29 Å². The molecule has 0 fully saturated rings. The van der Waals surface area contributed by atoms with Gasteiger partial charge in [-0.15, -0.1) is 0 Å². The van der Waals surface area contributed by atoms with Crippen molar-refractivity contribution in [1.29, 1.82) is 0 Å². The first-order valence-corrected chi connectivity index (χ1v) is 11.4. The molecule has 164 valence electrons. The number of aryl methyl sites for hydroxylation is 4. The maximum absolute atomic E-state index is 12.5. The van der Waals surface area contributed by atoms with Crippen LogP contribution in [0.2, 0.25) is 0 Å². The van der Waals surface area contributed by atoms with Crippen LogP contribution in [0.1, 0.15) is 29.0 Å². The zero-order chi connectivity index (χ0) is 22.8. The molecule has 0 aliphatic rings. The smallest absolute Gasteiger partial charge is 0.242 e. The number of nitrogens with one attached hydrogen (secondary N) is 1. The molecule has 2 aromatic carbocycles. The molecule has 0 bridgehead atoms. The predicted molar refractivity (Wildman–Crippen MR) is 120 cm³/mol. The highest BCUT2D eigenvalue weighted by molar-refractivity contribution is 7.89. The second-order valence-electron chi connectivity index (χ2n) is 7.73. The van der Waals surface area contributed by atoms with Crippen LogP contribution in [0, 0.1) is 20.8 Å². The van der Waals surface area contributed by atoms with Crippen molar-refractivity contribution >= 4 is 21.6 Å². The Kier molecular flexibility index (Phi) is 6.62. The van der Waals surface area contributed by atoms with E-state index in [1.54, 1.807) is 12.3 Å². The van der Waals surface area contributed by atoms with Gasteiger partial charge in [-0.1, -0.05) is 18.2 Å². The molecule has 8 heteroatoms. The third-order valence-electron chi connectivity index (χ3n) is 5.17.